The number of likely N-dealkylation sites (tertiary alicyclic amines) is 1. The van der Waals surface area contributed by atoms with Crippen molar-refractivity contribution >= 4 is 11.8 Å². The fourth-order valence-electron chi connectivity index (χ4n) is 4.14. The first-order chi connectivity index (χ1) is 12.5. The number of hydrogen-bond donors (Lipinski definition) is 0. The van der Waals surface area contributed by atoms with Crippen LogP contribution in [-0.2, 0) is 4.79 Å². The minimum absolute atomic E-state index is 0.0136. The molecule has 2 fully saturated rings. The van der Waals surface area contributed by atoms with Gasteiger partial charge in [-0.15, -0.1) is 0 Å². The lowest BCUT2D eigenvalue weighted by molar-refractivity contribution is -0.129. The molecule has 0 aromatic heterocycles. The summed E-state index contributed by atoms with van der Waals surface area (Å²) in [6, 6.07) is 5.35. The predicted octanol–water partition coefficient (Wildman–Crippen LogP) is 1.18. The van der Waals surface area contributed by atoms with Crippen molar-refractivity contribution in [3.05, 3.63) is 23.8 Å². The summed E-state index contributed by atoms with van der Waals surface area (Å²) < 4.78 is 10.7. The van der Waals surface area contributed by atoms with Crippen molar-refractivity contribution < 1.29 is 19.1 Å². The Balaban J connectivity index is 1.54. The Morgan fingerprint density at radius 3 is 2.73 bits per heavy atom. The molecule has 140 valence electrons. The number of benzene rings is 1. The van der Waals surface area contributed by atoms with Crippen LogP contribution in [0.3, 0.4) is 0 Å². The number of rotatable bonds is 1. The van der Waals surface area contributed by atoms with Gasteiger partial charge in [-0.05, 0) is 38.1 Å². The minimum atomic E-state index is -0.134. The third kappa shape index (κ3) is 2.90. The van der Waals surface area contributed by atoms with E-state index in [1.54, 1.807) is 23.1 Å². The Bertz CT molecular complexity index is 737. The lowest BCUT2D eigenvalue weighted by atomic mass is 9.86. The van der Waals surface area contributed by atoms with Crippen molar-refractivity contribution in [2.24, 2.45) is 0 Å². The predicted molar refractivity (Wildman–Crippen MR) is 95.3 cm³/mol. The lowest BCUT2D eigenvalue weighted by Gasteiger charge is -2.49. The SMILES string of the molecule is CN1CC[C@]2(CCC1=O)CN(C(=O)c1ccc3c(c1)OCO3)CCN2C. The van der Waals surface area contributed by atoms with Crippen LogP contribution in [0.25, 0.3) is 0 Å². The Labute approximate surface area is 153 Å². The number of carbonyl (C=O) groups is 2. The normalized spacial score (nSPS) is 26.3. The summed E-state index contributed by atoms with van der Waals surface area (Å²) in [7, 11) is 3.97. The van der Waals surface area contributed by atoms with Crippen LogP contribution in [-0.4, -0.2) is 79.1 Å². The van der Waals surface area contributed by atoms with Crippen molar-refractivity contribution in [2.45, 2.75) is 24.8 Å². The highest BCUT2D eigenvalue weighted by Crippen LogP contribution is 2.35. The Kier molecular flexibility index (Phi) is 4.26. The van der Waals surface area contributed by atoms with E-state index < -0.39 is 0 Å². The van der Waals surface area contributed by atoms with E-state index in [0.29, 0.717) is 36.6 Å². The van der Waals surface area contributed by atoms with Gasteiger partial charge < -0.3 is 19.3 Å². The van der Waals surface area contributed by atoms with E-state index >= 15 is 0 Å². The monoisotopic (exact) mass is 359 g/mol. The van der Waals surface area contributed by atoms with E-state index in [-0.39, 0.29) is 24.1 Å². The van der Waals surface area contributed by atoms with Gasteiger partial charge in [-0.3, -0.25) is 14.5 Å². The Hall–Kier alpha value is -2.28. The molecule has 3 aliphatic rings. The van der Waals surface area contributed by atoms with E-state index in [9.17, 15) is 9.59 Å². The van der Waals surface area contributed by atoms with Gasteiger partial charge in [0, 0.05) is 50.7 Å². The Morgan fingerprint density at radius 1 is 1.08 bits per heavy atom. The molecule has 0 saturated carbocycles. The number of fused-ring (bicyclic) bond motifs is 1. The molecule has 1 aromatic carbocycles. The highest BCUT2D eigenvalue weighted by atomic mass is 16.7. The van der Waals surface area contributed by atoms with Crippen molar-refractivity contribution in [3.63, 3.8) is 0 Å². The average molecular weight is 359 g/mol. The van der Waals surface area contributed by atoms with Crippen LogP contribution in [0.5, 0.6) is 11.5 Å². The molecule has 0 radical (unpaired) electrons. The van der Waals surface area contributed by atoms with E-state index in [1.807, 2.05) is 11.9 Å². The number of nitrogens with zero attached hydrogens (tertiary/aromatic N) is 3. The maximum atomic E-state index is 13.1. The van der Waals surface area contributed by atoms with Gasteiger partial charge in [0.1, 0.15) is 0 Å². The molecule has 3 heterocycles. The first kappa shape index (κ1) is 17.1. The van der Waals surface area contributed by atoms with Crippen LogP contribution in [0.1, 0.15) is 29.6 Å². The molecule has 0 aliphatic carbocycles. The second-order valence-electron chi connectivity index (χ2n) is 7.51. The van der Waals surface area contributed by atoms with Crippen LogP contribution >= 0.6 is 0 Å². The molecular weight excluding hydrogens is 334 g/mol. The second-order valence-corrected chi connectivity index (χ2v) is 7.51. The number of ether oxygens (including phenoxy) is 2. The molecule has 1 aromatic rings. The molecule has 0 unspecified atom stereocenters. The fourth-order valence-corrected chi connectivity index (χ4v) is 4.14. The molecule has 7 heteroatoms. The summed E-state index contributed by atoms with van der Waals surface area (Å²) in [5.74, 6) is 1.51. The van der Waals surface area contributed by atoms with Gasteiger partial charge in [0.2, 0.25) is 12.7 Å². The van der Waals surface area contributed by atoms with Crippen LogP contribution in [0.2, 0.25) is 0 Å². The molecule has 2 saturated heterocycles. The molecule has 2 amide bonds. The lowest BCUT2D eigenvalue weighted by Crippen LogP contribution is -2.62. The van der Waals surface area contributed by atoms with Crippen molar-refractivity contribution in [2.75, 3.05) is 47.1 Å². The van der Waals surface area contributed by atoms with Crippen molar-refractivity contribution in [3.8, 4) is 11.5 Å². The third-order valence-corrected chi connectivity index (χ3v) is 6.05. The largest absolute Gasteiger partial charge is 0.454 e. The maximum absolute atomic E-state index is 13.1. The topological polar surface area (TPSA) is 62.3 Å². The quantitative estimate of drug-likeness (QED) is 0.754. The van der Waals surface area contributed by atoms with E-state index in [4.69, 9.17) is 9.47 Å². The maximum Gasteiger partial charge on any atom is 0.254 e. The molecule has 3 aliphatic heterocycles. The zero-order valence-corrected chi connectivity index (χ0v) is 15.4. The molecule has 1 atom stereocenters. The number of hydrogen-bond acceptors (Lipinski definition) is 5. The van der Waals surface area contributed by atoms with Gasteiger partial charge >= 0.3 is 0 Å². The summed E-state index contributed by atoms with van der Waals surface area (Å²) in [4.78, 5) is 31.2. The summed E-state index contributed by atoms with van der Waals surface area (Å²) in [5.41, 5.74) is 0.487. The number of likely N-dealkylation sites (N-methyl/N-ethyl adjacent to an activating group) is 1. The number of carbonyl (C=O) groups excluding carboxylic acids is 2. The summed E-state index contributed by atoms with van der Waals surface area (Å²) in [6.07, 6.45) is 2.21. The molecule has 26 heavy (non-hydrogen) atoms. The van der Waals surface area contributed by atoms with Gasteiger partial charge in [-0.1, -0.05) is 0 Å². The second kappa shape index (κ2) is 6.46. The molecular formula is C19H25N3O4. The van der Waals surface area contributed by atoms with E-state index in [2.05, 4.69) is 11.9 Å². The van der Waals surface area contributed by atoms with Gasteiger partial charge in [-0.25, -0.2) is 0 Å². The third-order valence-electron chi connectivity index (χ3n) is 6.05. The van der Waals surface area contributed by atoms with E-state index in [1.165, 1.54) is 0 Å². The molecule has 0 N–H and O–H groups in total. The molecule has 4 rings (SSSR count). The molecule has 7 nitrogen and oxygen atoms in total. The van der Waals surface area contributed by atoms with Crippen LogP contribution in [0, 0.1) is 0 Å². The summed E-state index contributed by atoms with van der Waals surface area (Å²) in [5, 5.41) is 0. The highest BCUT2D eigenvalue weighted by molar-refractivity contribution is 5.95. The standard InChI is InChI=1S/C19H25N3O4/c1-20-8-7-19(6-5-17(20)23)12-22(10-9-21(19)2)18(24)14-3-4-15-16(11-14)26-13-25-15/h3-4,11H,5-10,12-13H2,1-2H3/t19-/m1/s1. The molecule has 1 spiro atoms. The summed E-state index contributed by atoms with van der Waals surface area (Å²) >= 11 is 0. The summed E-state index contributed by atoms with van der Waals surface area (Å²) in [6.45, 7) is 3.09. The van der Waals surface area contributed by atoms with Crippen molar-refractivity contribution in [1.29, 1.82) is 0 Å². The van der Waals surface area contributed by atoms with Crippen molar-refractivity contribution in [1.82, 2.24) is 14.7 Å². The van der Waals surface area contributed by atoms with Gasteiger partial charge in [0.05, 0.1) is 0 Å². The zero-order valence-electron chi connectivity index (χ0n) is 15.4. The fraction of sp³-hybridized carbons (Fsp3) is 0.579. The van der Waals surface area contributed by atoms with E-state index in [0.717, 1.165) is 25.9 Å². The van der Waals surface area contributed by atoms with Gasteiger partial charge in [0.15, 0.2) is 11.5 Å². The average Bonchev–Trinajstić information content (AvgIpc) is 3.07. The zero-order chi connectivity index (χ0) is 18.3. The highest BCUT2D eigenvalue weighted by Gasteiger charge is 2.43. The molecule has 0 bridgehead atoms. The first-order valence-electron chi connectivity index (χ1n) is 9.13. The Morgan fingerprint density at radius 2 is 1.88 bits per heavy atom. The van der Waals surface area contributed by atoms with Gasteiger partial charge in [-0.2, -0.15) is 0 Å². The minimum Gasteiger partial charge on any atom is -0.454 e. The van der Waals surface area contributed by atoms with Crippen LogP contribution in [0.15, 0.2) is 18.2 Å². The first-order valence-corrected chi connectivity index (χ1v) is 9.13. The number of piperazine rings is 1. The van der Waals surface area contributed by atoms with Crippen LogP contribution < -0.4 is 9.47 Å². The smallest absolute Gasteiger partial charge is 0.254 e. The van der Waals surface area contributed by atoms with Gasteiger partial charge in [0.25, 0.3) is 5.91 Å². The number of amides is 2. The van der Waals surface area contributed by atoms with Crippen LogP contribution in [0.4, 0.5) is 0 Å².